The van der Waals surface area contributed by atoms with E-state index in [2.05, 4.69) is 20.6 Å². The van der Waals surface area contributed by atoms with Crippen molar-refractivity contribution >= 4 is 45.7 Å². The minimum Gasteiger partial charge on any atom is -0.357 e. The fourth-order valence-electron chi connectivity index (χ4n) is 5.19. The minimum absolute atomic E-state index is 0.178. The molecule has 0 aliphatic carbocycles. The number of nitrogens with one attached hydrogen (secondary N) is 2. The quantitative estimate of drug-likeness (QED) is 0.235. The first kappa shape index (κ1) is 30.0. The largest absolute Gasteiger partial charge is 0.357 e. The average Bonchev–Trinajstić information content (AvgIpc) is 3.00. The fourth-order valence-corrected chi connectivity index (χ4v) is 5.19. The summed E-state index contributed by atoms with van der Waals surface area (Å²) in [6.07, 6.45) is 6.41. The number of rotatable bonds is 4. The Morgan fingerprint density at radius 2 is 0.886 bits per heavy atom. The molecule has 1 aliphatic heterocycles. The van der Waals surface area contributed by atoms with E-state index in [4.69, 9.17) is 9.98 Å². The van der Waals surface area contributed by atoms with Crippen molar-refractivity contribution < 1.29 is 9.59 Å². The standard InChI is InChI=1S/C36H34N6O2/c1-21-7-9-29-31(19-21)41-25(5)33(35(43)27-11-15-37-16-12-27)24(4)40-30-10-8-22(2)20-32(30)42-26(6)34(23(3)39-29)36(44)28-13-17-38-18-14-28/h7-20,39-40H,1-6H3/b33-24+,34-23+,41-25?,42-26?. The maximum Gasteiger partial charge on any atom is 0.196 e. The summed E-state index contributed by atoms with van der Waals surface area (Å²) in [4.78, 5) is 46.1. The Labute approximate surface area is 257 Å². The molecule has 0 fully saturated rings. The summed E-state index contributed by atoms with van der Waals surface area (Å²) in [6.45, 7) is 11.3. The van der Waals surface area contributed by atoms with Crippen LogP contribution in [0.2, 0.25) is 0 Å². The summed E-state index contributed by atoms with van der Waals surface area (Å²) in [6, 6.07) is 18.5. The first-order valence-corrected chi connectivity index (χ1v) is 14.3. The lowest BCUT2D eigenvalue weighted by atomic mass is 9.97. The Morgan fingerprint density at radius 1 is 0.523 bits per heavy atom. The van der Waals surface area contributed by atoms with Crippen LogP contribution in [0.1, 0.15) is 59.5 Å². The summed E-state index contributed by atoms with van der Waals surface area (Å²) < 4.78 is 0. The van der Waals surface area contributed by atoms with Gasteiger partial charge < -0.3 is 10.6 Å². The van der Waals surface area contributed by atoms with Gasteiger partial charge in [-0.25, -0.2) is 0 Å². The second-order valence-corrected chi connectivity index (χ2v) is 10.8. The van der Waals surface area contributed by atoms with Gasteiger partial charge in [0.15, 0.2) is 11.6 Å². The monoisotopic (exact) mass is 582 g/mol. The zero-order valence-corrected chi connectivity index (χ0v) is 25.7. The van der Waals surface area contributed by atoms with Crippen molar-refractivity contribution in [3.05, 3.63) is 130 Å². The van der Waals surface area contributed by atoms with Crippen LogP contribution in [0.3, 0.4) is 0 Å². The lowest BCUT2D eigenvalue weighted by Gasteiger charge is -2.19. The van der Waals surface area contributed by atoms with E-state index in [0.29, 0.717) is 67.8 Å². The van der Waals surface area contributed by atoms with Crippen LogP contribution in [0.4, 0.5) is 22.7 Å². The average molecular weight is 583 g/mol. The SMILES string of the molecule is CC1=Nc2cc(C)ccc2N/C(C)=C(/C(=O)c2ccncc2)C(C)=Nc2cc(C)ccc2N/C(C)=C\1C(=O)c1ccncc1. The van der Waals surface area contributed by atoms with Gasteiger partial charge in [-0.1, -0.05) is 12.1 Å². The Bertz CT molecular complexity index is 1750. The smallest absolute Gasteiger partial charge is 0.196 e. The summed E-state index contributed by atoms with van der Waals surface area (Å²) in [5.41, 5.74) is 8.83. The number of hydrogen-bond acceptors (Lipinski definition) is 8. The van der Waals surface area contributed by atoms with Crippen molar-refractivity contribution in [3.63, 3.8) is 0 Å². The molecule has 2 aromatic carbocycles. The van der Waals surface area contributed by atoms with Crippen molar-refractivity contribution in [1.82, 2.24) is 9.97 Å². The number of benzene rings is 2. The van der Waals surface area contributed by atoms with Gasteiger partial charge in [0, 0.05) is 47.3 Å². The summed E-state index contributed by atoms with van der Waals surface area (Å²) in [5.74, 6) is -0.356. The van der Waals surface area contributed by atoms with E-state index in [1.165, 1.54) is 0 Å². The second kappa shape index (κ2) is 12.8. The Balaban J connectivity index is 1.79. The molecule has 5 rings (SSSR count). The molecule has 0 bridgehead atoms. The highest BCUT2D eigenvalue weighted by Crippen LogP contribution is 2.33. The lowest BCUT2D eigenvalue weighted by molar-refractivity contribution is 0.103. The molecule has 220 valence electrons. The third-order valence-corrected chi connectivity index (χ3v) is 7.34. The number of carbonyl (C=O) groups is 2. The Morgan fingerprint density at radius 3 is 1.25 bits per heavy atom. The van der Waals surface area contributed by atoms with Crippen molar-refractivity contribution in [1.29, 1.82) is 0 Å². The number of aryl methyl sites for hydroxylation is 2. The number of allylic oxidation sites excluding steroid dienone is 4. The van der Waals surface area contributed by atoms with Gasteiger partial charge in [-0.05, 0) is 101 Å². The van der Waals surface area contributed by atoms with Gasteiger partial charge in [0.1, 0.15) is 0 Å². The number of aromatic nitrogens is 2. The van der Waals surface area contributed by atoms with Crippen LogP contribution in [0.5, 0.6) is 0 Å². The van der Waals surface area contributed by atoms with E-state index in [1.54, 1.807) is 49.1 Å². The van der Waals surface area contributed by atoms with Crippen LogP contribution in [0.15, 0.2) is 118 Å². The third-order valence-electron chi connectivity index (χ3n) is 7.34. The molecule has 0 unspecified atom stereocenters. The zero-order valence-electron chi connectivity index (χ0n) is 25.7. The Kier molecular flexibility index (Phi) is 8.71. The van der Waals surface area contributed by atoms with E-state index < -0.39 is 0 Å². The maximum absolute atomic E-state index is 14.0. The first-order chi connectivity index (χ1) is 21.1. The van der Waals surface area contributed by atoms with Gasteiger partial charge in [0.2, 0.25) is 0 Å². The van der Waals surface area contributed by atoms with E-state index in [1.807, 2.05) is 77.9 Å². The Hall–Kier alpha value is -5.50. The molecule has 0 spiro atoms. The molecule has 2 N–H and O–H groups in total. The number of ketones is 2. The predicted octanol–water partition coefficient (Wildman–Crippen LogP) is 8.13. The van der Waals surface area contributed by atoms with E-state index in [-0.39, 0.29) is 11.6 Å². The van der Waals surface area contributed by atoms with Crippen LogP contribution in [-0.2, 0) is 0 Å². The zero-order chi connectivity index (χ0) is 31.4. The lowest BCUT2D eigenvalue weighted by Crippen LogP contribution is -2.18. The van der Waals surface area contributed by atoms with Crippen molar-refractivity contribution in [3.8, 4) is 0 Å². The predicted molar refractivity (Wildman–Crippen MR) is 178 cm³/mol. The highest BCUT2D eigenvalue weighted by molar-refractivity contribution is 6.29. The van der Waals surface area contributed by atoms with Crippen molar-refractivity contribution in [2.24, 2.45) is 9.98 Å². The van der Waals surface area contributed by atoms with E-state index >= 15 is 0 Å². The maximum atomic E-state index is 14.0. The molecule has 1 aliphatic rings. The number of carbonyl (C=O) groups excluding carboxylic acids is 2. The van der Waals surface area contributed by atoms with Gasteiger partial charge >= 0.3 is 0 Å². The summed E-state index contributed by atoms with van der Waals surface area (Å²) in [7, 11) is 0. The number of anilines is 2. The molecule has 0 amide bonds. The summed E-state index contributed by atoms with van der Waals surface area (Å²) in [5, 5.41) is 6.89. The minimum atomic E-state index is -0.178. The van der Waals surface area contributed by atoms with Crippen LogP contribution >= 0.6 is 0 Å². The molecule has 3 heterocycles. The number of hydrogen-bond donors (Lipinski definition) is 2. The number of fused-ring (bicyclic) bond motifs is 2. The third kappa shape index (κ3) is 6.44. The normalized spacial score (nSPS) is 17.1. The number of nitrogens with zero attached hydrogens (tertiary/aromatic N) is 4. The van der Waals surface area contributed by atoms with Crippen molar-refractivity contribution in [2.75, 3.05) is 10.6 Å². The number of Topliss-reactive ketones (excluding diaryl/α,β-unsaturated/α-hetero) is 2. The van der Waals surface area contributed by atoms with Crippen LogP contribution < -0.4 is 10.6 Å². The van der Waals surface area contributed by atoms with Crippen LogP contribution in [0, 0.1) is 13.8 Å². The number of pyridine rings is 2. The molecule has 0 radical (unpaired) electrons. The highest BCUT2D eigenvalue weighted by atomic mass is 16.1. The van der Waals surface area contributed by atoms with E-state index in [0.717, 1.165) is 11.1 Å². The molecular weight excluding hydrogens is 548 g/mol. The van der Waals surface area contributed by atoms with Crippen LogP contribution in [0.25, 0.3) is 0 Å². The highest BCUT2D eigenvalue weighted by Gasteiger charge is 2.23. The molecule has 8 heteroatoms. The van der Waals surface area contributed by atoms with Crippen LogP contribution in [-0.4, -0.2) is 33.0 Å². The van der Waals surface area contributed by atoms with Gasteiger partial charge in [-0.2, -0.15) is 0 Å². The second-order valence-electron chi connectivity index (χ2n) is 10.8. The van der Waals surface area contributed by atoms with Gasteiger partial charge in [0.05, 0.1) is 45.3 Å². The van der Waals surface area contributed by atoms with E-state index in [9.17, 15) is 9.59 Å². The molecule has 4 aromatic rings. The molecule has 44 heavy (non-hydrogen) atoms. The topological polar surface area (TPSA) is 109 Å². The van der Waals surface area contributed by atoms with Gasteiger partial charge in [0.25, 0.3) is 0 Å². The molecule has 0 saturated heterocycles. The summed E-state index contributed by atoms with van der Waals surface area (Å²) >= 11 is 0. The fraction of sp³-hybridized carbons (Fsp3) is 0.167. The molecular formula is C36H34N6O2. The number of aliphatic imine (C=N–C) groups is 2. The molecule has 0 atom stereocenters. The molecule has 0 saturated carbocycles. The van der Waals surface area contributed by atoms with Gasteiger partial charge in [-0.15, -0.1) is 0 Å². The van der Waals surface area contributed by atoms with Gasteiger partial charge in [-0.3, -0.25) is 29.5 Å². The molecule has 2 aromatic heterocycles. The molecule has 8 nitrogen and oxygen atoms in total. The van der Waals surface area contributed by atoms with Crippen molar-refractivity contribution in [2.45, 2.75) is 41.5 Å². The first-order valence-electron chi connectivity index (χ1n) is 14.3.